The summed E-state index contributed by atoms with van der Waals surface area (Å²) < 4.78 is 3.24. The molecule has 0 unspecified atom stereocenters. The Balaban J connectivity index is 1.23. The van der Waals surface area contributed by atoms with Crippen molar-refractivity contribution in [2.24, 2.45) is 0 Å². The lowest BCUT2D eigenvalue weighted by Crippen LogP contribution is -2.41. The van der Waals surface area contributed by atoms with Gasteiger partial charge >= 0.3 is 0 Å². The first kappa shape index (κ1) is 26.8. The molecule has 212 valence electrons. The van der Waals surface area contributed by atoms with Crippen LogP contribution in [0.1, 0.15) is 36.1 Å². The van der Waals surface area contributed by atoms with Crippen LogP contribution in [-0.4, -0.2) is 35.4 Å². The predicted molar refractivity (Wildman–Crippen MR) is 167 cm³/mol. The van der Waals surface area contributed by atoms with E-state index in [1.165, 1.54) is 21.9 Å². The van der Waals surface area contributed by atoms with E-state index in [1.807, 2.05) is 42.5 Å². The number of benzene rings is 3. The molecule has 0 saturated carbocycles. The van der Waals surface area contributed by atoms with E-state index in [9.17, 15) is 10.1 Å². The van der Waals surface area contributed by atoms with Crippen LogP contribution in [0, 0.1) is 11.3 Å². The van der Waals surface area contributed by atoms with E-state index in [2.05, 4.69) is 52.2 Å². The van der Waals surface area contributed by atoms with Crippen LogP contribution < -0.4 is 10.9 Å². The van der Waals surface area contributed by atoms with Crippen LogP contribution in [-0.2, 0) is 18.5 Å². The highest BCUT2D eigenvalue weighted by Crippen LogP contribution is 2.36. The zero-order valence-corrected chi connectivity index (χ0v) is 24.4. The summed E-state index contributed by atoms with van der Waals surface area (Å²) in [5, 5.41) is 13.7. The lowest BCUT2D eigenvalue weighted by molar-refractivity contribution is 0.186. The third-order valence-corrected chi connectivity index (χ3v) is 8.30. The molecule has 0 fully saturated rings. The Morgan fingerprint density at radius 2 is 1.88 bits per heavy atom. The molecule has 0 atom stereocenters. The Morgan fingerprint density at radius 1 is 1.07 bits per heavy atom. The number of anilines is 2. The highest BCUT2D eigenvalue weighted by Gasteiger charge is 2.32. The first-order valence-electron chi connectivity index (χ1n) is 13.9. The Kier molecular flexibility index (Phi) is 6.46. The number of nitriles is 1. The summed E-state index contributed by atoms with van der Waals surface area (Å²) in [4.78, 5) is 29.7. The number of fused-ring (bicyclic) bond motifs is 4. The van der Waals surface area contributed by atoms with Gasteiger partial charge in [-0.2, -0.15) is 10.2 Å². The van der Waals surface area contributed by atoms with E-state index in [4.69, 9.17) is 16.6 Å². The maximum atomic E-state index is 13.6. The van der Waals surface area contributed by atoms with Crippen LogP contribution >= 0.6 is 11.6 Å². The van der Waals surface area contributed by atoms with Gasteiger partial charge in [-0.3, -0.25) is 14.1 Å². The van der Waals surface area contributed by atoms with Gasteiger partial charge in [0.2, 0.25) is 11.7 Å². The van der Waals surface area contributed by atoms with Gasteiger partial charge in [-0.25, -0.2) is 14.5 Å². The molecule has 1 aliphatic rings. The Bertz CT molecular complexity index is 2140. The van der Waals surface area contributed by atoms with Crippen LogP contribution in [0.5, 0.6) is 0 Å². The smallest absolute Gasteiger partial charge is 0.270 e. The van der Waals surface area contributed by atoms with Gasteiger partial charge in [-0.05, 0) is 47.0 Å². The van der Waals surface area contributed by atoms with E-state index in [-0.39, 0.29) is 11.0 Å². The van der Waals surface area contributed by atoms with Crippen molar-refractivity contribution in [1.29, 1.82) is 5.26 Å². The fourth-order valence-electron chi connectivity index (χ4n) is 6.11. The summed E-state index contributed by atoms with van der Waals surface area (Å²) in [5.74, 6) is 0.775. The van der Waals surface area contributed by atoms with Crippen LogP contribution in [0.25, 0.3) is 22.5 Å². The van der Waals surface area contributed by atoms with Gasteiger partial charge in [0.25, 0.3) is 5.56 Å². The number of imidazole rings is 1. The molecule has 1 N–H and O–H groups in total. The highest BCUT2D eigenvalue weighted by atomic mass is 35.5. The van der Waals surface area contributed by atoms with Crippen molar-refractivity contribution in [1.82, 2.24) is 28.8 Å². The van der Waals surface area contributed by atoms with Gasteiger partial charge in [-0.1, -0.05) is 61.8 Å². The first-order valence-corrected chi connectivity index (χ1v) is 14.3. The minimum absolute atomic E-state index is 0.0677. The van der Waals surface area contributed by atoms with E-state index in [0.717, 1.165) is 24.3 Å². The molecule has 7 rings (SSSR count). The van der Waals surface area contributed by atoms with Gasteiger partial charge in [0.05, 0.1) is 22.3 Å². The molecule has 0 saturated heterocycles. The maximum absolute atomic E-state index is 13.6. The maximum Gasteiger partial charge on any atom is 0.270 e. The highest BCUT2D eigenvalue weighted by molar-refractivity contribution is 6.32. The molecule has 43 heavy (non-hydrogen) atoms. The van der Waals surface area contributed by atoms with Crippen molar-refractivity contribution < 1.29 is 0 Å². The number of hydrogen-bond donors (Lipinski definition) is 1. The van der Waals surface area contributed by atoms with Crippen molar-refractivity contribution in [3.63, 3.8) is 0 Å². The molecule has 0 aliphatic carbocycles. The number of para-hydroxylation sites is 1. The number of nitrogens with zero attached hydrogens (tertiary/aromatic N) is 7. The number of hydrogen-bond acceptors (Lipinski definition) is 7. The molecule has 10 heteroatoms. The number of nitrogens with one attached hydrogen (secondary N) is 1. The van der Waals surface area contributed by atoms with Crippen LogP contribution in [0.15, 0.2) is 90.1 Å². The van der Waals surface area contributed by atoms with Gasteiger partial charge in [0.1, 0.15) is 5.39 Å². The average Bonchev–Trinajstić information content (AvgIpc) is 3.48. The normalized spacial score (nSPS) is 14.5. The summed E-state index contributed by atoms with van der Waals surface area (Å²) in [6.45, 7) is 6.83. The lowest BCUT2D eigenvalue weighted by Gasteiger charge is -2.40. The second-order valence-electron chi connectivity index (χ2n) is 11.4. The van der Waals surface area contributed by atoms with Crippen LogP contribution in [0.4, 0.5) is 11.6 Å². The molecule has 1 aliphatic heterocycles. The van der Waals surface area contributed by atoms with Gasteiger partial charge in [0.15, 0.2) is 5.65 Å². The molecule has 3 aromatic heterocycles. The number of rotatable bonds is 5. The molecule has 0 amide bonds. The van der Waals surface area contributed by atoms with Crippen LogP contribution in [0.2, 0.25) is 5.02 Å². The lowest BCUT2D eigenvalue weighted by atomic mass is 9.78. The van der Waals surface area contributed by atoms with Gasteiger partial charge in [-0.15, -0.1) is 0 Å². The summed E-state index contributed by atoms with van der Waals surface area (Å²) >= 11 is 6.44. The van der Waals surface area contributed by atoms with Crippen LogP contribution in [0.3, 0.4) is 0 Å². The quantitative estimate of drug-likeness (QED) is 0.264. The Labute approximate surface area is 252 Å². The monoisotopic (exact) mass is 586 g/mol. The molecule has 6 aromatic rings. The molecule has 0 radical (unpaired) electrons. The minimum atomic E-state index is -0.303. The van der Waals surface area contributed by atoms with Crippen molar-refractivity contribution in [2.45, 2.75) is 32.4 Å². The van der Waals surface area contributed by atoms with E-state index >= 15 is 0 Å². The van der Waals surface area contributed by atoms with Gasteiger partial charge in [0, 0.05) is 49.3 Å². The van der Waals surface area contributed by atoms with Gasteiger partial charge < -0.3 is 5.32 Å². The summed E-state index contributed by atoms with van der Waals surface area (Å²) in [5.41, 5.74) is 5.70. The predicted octanol–water partition coefficient (Wildman–Crippen LogP) is 5.99. The topological polar surface area (TPSA) is 104 Å². The largest absolute Gasteiger partial charge is 0.324 e. The van der Waals surface area contributed by atoms with Crippen molar-refractivity contribution in [3.05, 3.63) is 123 Å². The third-order valence-electron chi connectivity index (χ3n) is 7.98. The summed E-state index contributed by atoms with van der Waals surface area (Å²) in [7, 11) is 0. The van der Waals surface area contributed by atoms with E-state index in [0.29, 0.717) is 45.6 Å². The van der Waals surface area contributed by atoms with Crippen molar-refractivity contribution >= 4 is 40.0 Å². The molecule has 3 aromatic carbocycles. The number of halogens is 1. The Hall–Kier alpha value is -5.04. The standard InChI is InChI=1S/C33H27ClN8O/c1-33(2)20-40(18-22-8-4-3-7-21(22)16-35)19-23-15-24(11-12-26(23)33)38-31-37-17-25-29(39-31)41-14-13-36-32(41)42(30(25)43)28-10-6-5-9-27(28)34/h3-15,17H,18-20H2,1-2H3,(H,37,38,39). The summed E-state index contributed by atoms with van der Waals surface area (Å²) in [6, 6.07) is 23.6. The SMILES string of the molecule is CC1(C)CN(Cc2ccccc2C#N)Cc2cc(Nc3ncc4c(=O)n(-c5ccccc5Cl)c5nccn5c4n3)ccc21. The first-order chi connectivity index (χ1) is 20.8. The Morgan fingerprint density at radius 3 is 2.72 bits per heavy atom. The molecule has 0 bridgehead atoms. The molecular formula is C33H27ClN8O. The van der Waals surface area contributed by atoms with Crippen molar-refractivity contribution in [2.75, 3.05) is 11.9 Å². The molecular weight excluding hydrogens is 560 g/mol. The second kappa shape index (κ2) is 10.3. The second-order valence-corrected chi connectivity index (χ2v) is 11.8. The molecule has 9 nitrogen and oxygen atoms in total. The summed E-state index contributed by atoms with van der Waals surface area (Å²) in [6.07, 6.45) is 4.93. The van der Waals surface area contributed by atoms with E-state index in [1.54, 1.807) is 28.9 Å². The zero-order chi connectivity index (χ0) is 29.7. The fraction of sp³-hybridized carbons (Fsp3) is 0.182. The van der Waals surface area contributed by atoms with E-state index < -0.39 is 0 Å². The average molecular weight is 587 g/mol. The molecule has 0 spiro atoms. The number of aromatic nitrogens is 5. The third kappa shape index (κ3) is 4.71. The minimum Gasteiger partial charge on any atom is -0.324 e. The van der Waals surface area contributed by atoms with Crippen molar-refractivity contribution in [3.8, 4) is 11.8 Å². The zero-order valence-electron chi connectivity index (χ0n) is 23.6. The molecule has 4 heterocycles. The fourth-order valence-corrected chi connectivity index (χ4v) is 6.33.